The molecule has 0 radical (unpaired) electrons. The van der Waals surface area contributed by atoms with Gasteiger partial charge in [-0.05, 0) is 51.1 Å². The van der Waals surface area contributed by atoms with Gasteiger partial charge in [0.1, 0.15) is 0 Å². The number of para-hydroxylation sites is 1. The molecule has 0 aliphatic carbocycles. The minimum Gasteiger partial charge on any atom is -0.493 e. The maximum absolute atomic E-state index is 12.3. The van der Waals surface area contributed by atoms with Crippen LogP contribution in [0.15, 0.2) is 30.3 Å². The number of nitrogens with zero attached hydrogens (tertiary/aromatic N) is 1. The standard InChI is InChI=1S/C23H32N2O4/c1-16-9-7-10-17(2)21(16)24-20(26)11-8-14-25(3)15-18-12-13-19(27-4)23(29-6)22(18)28-5/h7,9-10,12-13H,8,11,14-15H2,1-6H3,(H,24,26). The number of methoxy groups -OCH3 is 3. The van der Waals surface area contributed by atoms with E-state index in [0.717, 1.165) is 35.3 Å². The molecule has 0 saturated carbocycles. The Bertz CT molecular complexity index is 816. The summed E-state index contributed by atoms with van der Waals surface area (Å²) in [6, 6.07) is 9.87. The summed E-state index contributed by atoms with van der Waals surface area (Å²) in [5, 5.41) is 3.04. The molecule has 0 spiro atoms. The summed E-state index contributed by atoms with van der Waals surface area (Å²) in [5.74, 6) is 1.94. The van der Waals surface area contributed by atoms with Gasteiger partial charge in [0.2, 0.25) is 11.7 Å². The molecule has 0 aromatic heterocycles. The fourth-order valence-corrected chi connectivity index (χ4v) is 3.38. The van der Waals surface area contributed by atoms with Crippen LogP contribution < -0.4 is 19.5 Å². The lowest BCUT2D eigenvalue weighted by Gasteiger charge is -2.20. The van der Waals surface area contributed by atoms with Crippen molar-refractivity contribution in [2.75, 3.05) is 40.2 Å². The highest BCUT2D eigenvalue weighted by Crippen LogP contribution is 2.40. The molecule has 6 heteroatoms. The van der Waals surface area contributed by atoms with E-state index in [9.17, 15) is 4.79 Å². The van der Waals surface area contributed by atoms with Crippen LogP contribution in [0.5, 0.6) is 17.2 Å². The number of amides is 1. The second-order valence-electron chi connectivity index (χ2n) is 7.15. The number of aryl methyl sites for hydroxylation is 2. The Labute approximate surface area is 173 Å². The van der Waals surface area contributed by atoms with Gasteiger partial charge in [0, 0.05) is 24.2 Å². The molecule has 2 rings (SSSR count). The van der Waals surface area contributed by atoms with Crippen LogP contribution >= 0.6 is 0 Å². The molecule has 29 heavy (non-hydrogen) atoms. The molecule has 1 N–H and O–H groups in total. The molecule has 2 aromatic rings. The van der Waals surface area contributed by atoms with Crippen molar-refractivity contribution < 1.29 is 19.0 Å². The van der Waals surface area contributed by atoms with Gasteiger partial charge in [0.15, 0.2) is 11.5 Å². The molecule has 0 aliphatic heterocycles. The minimum absolute atomic E-state index is 0.0412. The first-order valence-electron chi connectivity index (χ1n) is 9.73. The smallest absolute Gasteiger partial charge is 0.224 e. The van der Waals surface area contributed by atoms with Crippen LogP contribution in [-0.2, 0) is 11.3 Å². The van der Waals surface area contributed by atoms with E-state index in [1.54, 1.807) is 21.3 Å². The number of hydrogen-bond donors (Lipinski definition) is 1. The third-order valence-corrected chi connectivity index (χ3v) is 4.92. The van der Waals surface area contributed by atoms with Crippen LogP contribution in [0.25, 0.3) is 0 Å². The summed E-state index contributed by atoms with van der Waals surface area (Å²) < 4.78 is 16.3. The molecule has 0 heterocycles. The van der Waals surface area contributed by atoms with Gasteiger partial charge in [-0.1, -0.05) is 24.3 Å². The Hall–Kier alpha value is -2.73. The molecule has 0 bridgehead atoms. The van der Waals surface area contributed by atoms with Gasteiger partial charge in [-0.25, -0.2) is 0 Å². The number of carbonyl (C=O) groups is 1. The topological polar surface area (TPSA) is 60.0 Å². The quantitative estimate of drug-likeness (QED) is 0.648. The fraction of sp³-hybridized carbons (Fsp3) is 0.435. The molecular formula is C23H32N2O4. The zero-order valence-corrected chi connectivity index (χ0v) is 18.3. The van der Waals surface area contributed by atoms with Crippen molar-refractivity contribution in [3.63, 3.8) is 0 Å². The maximum Gasteiger partial charge on any atom is 0.224 e. The highest BCUT2D eigenvalue weighted by molar-refractivity contribution is 5.92. The molecule has 0 atom stereocenters. The van der Waals surface area contributed by atoms with Gasteiger partial charge in [-0.15, -0.1) is 0 Å². The zero-order valence-electron chi connectivity index (χ0n) is 18.3. The fourth-order valence-electron chi connectivity index (χ4n) is 3.38. The van der Waals surface area contributed by atoms with E-state index in [-0.39, 0.29) is 5.91 Å². The van der Waals surface area contributed by atoms with Crippen molar-refractivity contribution in [2.45, 2.75) is 33.2 Å². The first-order chi connectivity index (χ1) is 13.9. The Morgan fingerprint density at radius 1 is 0.966 bits per heavy atom. The van der Waals surface area contributed by atoms with Crippen LogP contribution in [0.2, 0.25) is 0 Å². The van der Waals surface area contributed by atoms with Crippen LogP contribution in [0.4, 0.5) is 5.69 Å². The van der Waals surface area contributed by atoms with Gasteiger partial charge in [0.05, 0.1) is 21.3 Å². The summed E-state index contributed by atoms with van der Waals surface area (Å²) in [5.41, 5.74) is 4.08. The van der Waals surface area contributed by atoms with E-state index in [0.29, 0.717) is 30.2 Å². The van der Waals surface area contributed by atoms with Crippen LogP contribution in [0.3, 0.4) is 0 Å². The van der Waals surface area contributed by atoms with Crippen molar-refractivity contribution in [1.82, 2.24) is 4.90 Å². The Morgan fingerprint density at radius 3 is 2.21 bits per heavy atom. The first kappa shape index (κ1) is 22.6. The average Bonchev–Trinajstić information content (AvgIpc) is 2.70. The molecule has 0 fully saturated rings. The van der Waals surface area contributed by atoms with Crippen molar-refractivity contribution in [2.24, 2.45) is 0 Å². The molecule has 6 nitrogen and oxygen atoms in total. The second kappa shape index (κ2) is 10.7. The summed E-state index contributed by atoms with van der Waals surface area (Å²) >= 11 is 0. The van der Waals surface area contributed by atoms with Gasteiger partial charge >= 0.3 is 0 Å². The third-order valence-electron chi connectivity index (χ3n) is 4.92. The number of hydrogen-bond acceptors (Lipinski definition) is 5. The van der Waals surface area contributed by atoms with E-state index in [2.05, 4.69) is 10.2 Å². The lowest BCUT2D eigenvalue weighted by Crippen LogP contribution is -2.21. The highest BCUT2D eigenvalue weighted by atomic mass is 16.5. The number of carbonyl (C=O) groups excluding carboxylic acids is 1. The van der Waals surface area contributed by atoms with Crippen molar-refractivity contribution >= 4 is 11.6 Å². The number of nitrogens with one attached hydrogen (secondary N) is 1. The normalized spacial score (nSPS) is 10.7. The van der Waals surface area contributed by atoms with Crippen molar-refractivity contribution in [1.29, 1.82) is 0 Å². The van der Waals surface area contributed by atoms with Crippen LogP contribution in [0, 0.1) is 13.8 Å². The number of rotatable bonds is 10. The maximum atomic E-state index is 12.3. The van der Waals surface area contributed by atoms with E-state index < -0.39 is 0 Å². The van der Waals surface area contributed by atoms with E-state index in [1.807, 2.05) is 51.2 Å². The highest BCUT2D eigenvalue weighted by Gasteiger charge is 2.17. The van der Waals surface area contributed by atoms with Gasteiger partial charge in [-0.2, -0.15) is 0 Å². The molecule has 158 valence electrons. The predicted octanol–water partition coefficient (Wildman–Crippen LogP) is 4.18. The zero-order chi connectivity index (χ0) is 21.4. The lowest BCUT2D eigenvalue weighted by atomic mass is 10.1. The largest absolute Gasteiger partial charge is 0.493 e. The monoisotopic (exact) mass is 400 g/mol. The van der Waals surface area contributed by atoms with Crippen molar-refractivity contribution in [3.8, 4) is 17.2 Å². The summed E-state index contributed by atoms with van der Waals surface area (Å²) in [6.07, 6.45) is 1.24. The van der Waals surface area contributed by atoms with Gasteiger partial charge in [0.25, 0.3) is 0 Å². The van der Waals surface area contributed by atoms with E-state index in [1.165, 1.54) is 0 Å². The molecule has 0 unspecified atom stereocenters. The number of ether oxygens (including phenoxy) is 3. The molecule has 0 aliphatic rings. The Balaban J connectivity index is 1.90. The summed E-state index contributed by atoms with van der Waals surface area (Å²) in [7, 11) is 6.85. The van der Waals surface area contributed by atoms with E-state index in [4.69, 9.17) is 14.2 Å². The lowest BCUT2D eigenvalue weighted by molar-refractivity contribution is -0.116. The SMILES string of the molecule is COc1ccc(CN(C)CCCC(=O)Nc2c(C)cccc2C)c(OC)c1OC. The van der Waals surface area contributed by atoms with Gasteiger partial charge < -0.3 is 24.4 Å². The van der Waals surface area contributed by atoms with Crippen LogP contribution in [-0.4, -0.2) is 45.7 Å². The number of benzene rings is 2. The number of anilines is 1. The summed E-state index contributed by atoms with van der Waals surface area (Å²) in [4.78, 5) is 14.5. The molecule has 1 amide bonds. The molecule has 2 aromatic carbocycles. The van der Waals surface area contributed by atoms with Gasteiger partial charge in [-0.3, -0.25) is 4.79 Å². The first-order valence-corrected chi connectivity index (χ1v) is 9.73. The van der Waals surface area contributed by atoms with Crippen LogP contribution in [0.1, 0.15) is 29.5 Å². The Morgan fingerprint density at radius 2 is 1.62 bits per heavy atom. The minimum atomic E-state index is 0.0412. The molecular weight excluding hydrogens is 368 g/mol. The summed E-state index contributed by atoms with van der Waals surface area (Å²) in [6.45, 7) is 5.49. The predicted molar refractivity (Wildman–Crippen MR) is 116 cm³/mol. The average molecular weight is 401 g/mol. The molecule has 0 saturated heterocycles. The Kier molecular flexibility index (Phi) is 8.34. The van der Waals surface area contributed by atoms with Crippen molar-refractivity contribution in [3.05, 3.63) is 47.0 Å². The third kappa shape index (κ3) is 5.87. The second-order valence-corrected chi connectivity index (χ2v) is 7.15. The van der Waals surface area contributed by atoms with E-state index >= 15 is 0 Å².